The fraction of sp³-hybridized carbons (Fsp3) is 0.308. The van der Waals surface area contributed by atoms with E-state index in [-0.39, 0.29) is 5.78 Å². The molecule has 0 aliphatic heterocycles. The van der Waals surface area contributed by atoms with Gasteiger partial charge in [-0.15, -0.1) is 0 Å². The molecule has 0 aliphatic carbocycles. The van der Waals surface area contributed by atoms with E-state index in [2.05, 4.69) is 30.1 Å². The quantitative estimate of drug-likeness (QED) is 0.813. The Hall–Kier alpha value is -1.57. The Morgan fingerprint density at radius 2 is 2.20 bits per heavy atom. The molecule has 0 radical (unpaired) electrons. The molecular weight excluding hydrogens is 186 g/mol. The second-order valence-electron chi connectivity index (χ2n) is 4.01. The predicted octanol–water partition coefficient (Wildman–Crippen LogP) is 3.00. The van der Waals surface area contributed by atoms with E-state index in [1.54, 1.807) is 6.92 Å². The zero-order valence-corrected chi connectivity index (χ0v) is 9.13. The Labute approximate surface area is 89.3 Å². The third kappa shape index (κ3) is 1.94. The average molecular weight is 201 g/mol. The van der Waals surface area contributed by atoms with Gasteiger partial charge in [0, 0.05) is 23.5 Å². The standard InChI is InChI=1S/C13H15NO/c1-9-4-3-5-12-11(7-6-10(2)15)8-14-13(9)12/h3-5,8,14H,6-7H2,1-2H3. The molecule has 2 rings (SSSR count). The number of aromatic amines is 1. The number of nitrogens with one attached hydrogen (secondary N) is 1. The van der Waals surface area contributed by atoms with Crippen LogP contribution in [0.1, 0.15) is 24.5 Å². The molecule has 0 unspecified atom stereocenters. The molecule has 1 aromatic heterocycles. The smallest absolute Gasteiger partial charge is 0.130 e. The number of carbonyl (C=O) groups is 1. The van der Waals surface area contributed by atoms with Crippen molar-refractivity contribution in [2.45, 2.75) is 26.7 Å². The minimum atomic E-state index is 0.247. The van der Waals surface area contributed by atoms with Crippen LogP contribution in [0.25, 0.3) is 10.9 Å². The van der Waals surface area contributed by atoms with Crippen LogP contribution in [0.3, 0.4) is 0 Å². The van der Waals surface area contributed by atoms with E-state index >= 15 is 0 Å². The molecule has 2 nitrogen and oxygen atoms in total. The summed E-state index contributed by atoms with van der Waals surface area (Å²) in [4.78, 5) is 14.2. The summed E-state index contributed by atoms with van der Waals surface area (Å²) in [7, 11) is 0. The van der Waals surface area contributed by atoms with Gasteiger partial charge in [-0.05, 0) is 31.4 Å². The molecule has 1 heterocycles. The van der Waals surface area contributed by atoms with E-state index < -0.39 is 0 Å². The van der Waals surface area contributed by atoms with Crippen LogP contribution in [-0.4, -0.2) is 10.8 Å². The van der Waals surface area contributed by atoms with Gasteiger partial charge in [0.25, 0.3) is 0 Å². The van der Waals surface area contributed by atoms with E-state index in [1.807, 2.05) is 6.20 Å². The number of ketones is 1. The number of fused-ring (bicyclic) bond motifs is 1. The van der Waals surface area contributed by atoms with Gasteiger partial charge in [-0.25, -0.2) is 0 Å². The van der Waals surface area contributed by atoms with Crippen LogP contribution in [0.15, 0.2) is 24.4 Å². The molecule has 1 aromatic carbocycles. The minimum Gasteiger partial charge on any atom is -0.361 e. The first kappa shape index (κ1) is 9.97. The van der Waals surface area contributed by atoms with E-state index in [1.165, 1.54) is 22.0 Å². The lowest BCUT2D eigenvalue weighted by atomic mass is 10.1. The average Bonchev–Trinajstić information content (AvgIpc) is 2.59. The molecule has 78 valence electrons. The third-order valence-electron chi connectivity index (χ3n) is 2.76. The molecule has 0 spiro atoms. The third-order valence-corrected chi connectivity index (χ3v) is 2.76. The highest BCUT2D eigenvalue weighted by atomic mass is 16.1. The predicted molar refractivity (Wildman–Crippen MR) is 62.0 cm³/mol. The van der Waals surface area contributed by atoms with E-state index in [0.717, 1.165) is 6.42 Å². The van der Waals surface area contributed by atoms with Gasteiger partial charge >= 0.3 is 0 Å². The molecule has 1 N–H and O–H groups in total. The second-order valence-corrected chi connectivity index (χ2v) is 4.01. The highest BCUT2D eigenvalue weighted by Gasteiger charge is 2.05. The van der Waals surface area contributed by atoms with Gasteiger partial charge in [0.05, 0.1) is 0 Å². The van der Waals surface area contributed by atoms with Crippen molar-refractivity contribution < 1.29 is 4.79 Å². The summed E-state index contributed by atoms with van der Waals surface area (Å²) in [5.74, 6) is 0.247. The first-order chi connectivity index (χ1) is 7.18. The molecular formula is C13H15NO. The number of aromatic nitrogens is 1. The van der Waals surface area contributed by atoms with Crippen molar-refractivity contribution in [3.63, 3.8) is 0 Å². The zero-order valence-electron chi connectivity index (χ0n) is 9.13. The number of hydrogen-bond donors (Lipinski definition) is 1. The van der Waals surface area contributed by atoms with E-state index in [0.29, 0.717) is 6.42 Å². The highest BCUT2D eigenvalue weighted by Crippen LogP contribution is 2.22. The zero-order chi connectivity index (χ0) is 10.8. The molecule has 0 amide bonds. The second kappa shape index (κ2) is 3.89. The summed E-state index contributed by atoms with van der Waals surface area (Å²) in [5, 5.41) is 1.25. The number of para-hydroxylation sites is 1. The first-order valence-corrected chi connectivity index (χ1v) is 5.23. The topological polar surface area (TPSA) is 32.9 Å². The number of Topliss-reactive ketones (excluding diaryl/α,β-unsaturated/α-hetero) is 1. The van der Waals surface area contributed by atoms with Gasteiger partial charge in [-0.2, -0.15) is 0 Å². The van der Waals surface area contributed by atoms with Gasteiger partial charge in [0.15, 0.2) is 0 Å². The number of aryl methyl sites for hydroxylation is 2. The number of H-pyrrole nitrogens is 1. The SMILES string of the molecule is CC(=O)CCc1c[nH]c2c(C)cccc12. The van der Waals surface area contributed by atoms with Crippen molar-refractivity contribution >= 4 is 16.7 Å². The Morgan fingerprint density at radius 1 is 1.40 bits per heavy atom. The Balaban J connectivity index is 2.37. The van der Waals surface area contributed by atoms with Crippen LogP contribution in [0, 0.1) is 6.92 Å². The minimum absolute atomic E-state index is 0.247. The fourth-order valence-electron chi connectivity index (χ4n) is 1.88. The number of carbonyl (C=O) groups excluding carboxylic acids is 1. The Kier molecular flexibility index (Phi) is 2.58. The maximum absolute atomic E-state index is 10.9. The van der Waals surface area contributed by atoms with Crippen LogP contribution in [-0.2, 0) is 11.2 Å². The van der Waals surface area contributed by atoms with Crippen molar-refractivity contribution in [1.82, 2.24) is 4.98 Å². The summed E-state index contributed by atoms with van der Waals surface area (Å²) in [5.41, 5.74) is 3.68. The van der Waals surface area contributed by atoms with Gasteiger partial charge < -0.3 is 9.78 Å². The van der Waals surface area contributed by atoms with Crippen molar-refractivity contribution in [2.24, 2.45) is 0 Å². The molecule has 0 bridgehead atoms. The Morgan fingerprint density at radius 3 is 2.93 bits per heavy atom. The van der Waals surface area contributed by atoms with Gasteiger partial charge in [0.2, 0.25) is 0 Å². The van der Waals surface area contributed by atoms with Crippen LogP contribution in [0.5, 0.6) is 0 Å². The van der Waals surface area contributed by atoms with Crippen LogP contribution in [0.2, 0.25) is 0 Å². The summed E-state index contributed by atoms with van der Waals surface area (Å²) < 4.78 is 0. The molecule has 0 saturated carbocycles. The lowest BCUT2D eigenvalue weighted by Gasteiger charge is -1.98. The van der Waals surface area contributed by atoms with Crippen LogP contribution < -0.4 is 0 Å². The summed E-state index contributed by atoms with van der Waals surface area (Å²) in [6, 6.07) is 6.25. The number of benzene rings is 1. The molecule has 2 heteroatoms. The maximum Gasteiger partial charge on any atom is 0.130 e. The maximum atomic E-state index is 10.9. The molecule has 0 fully saturated rings. The van der Waals surface area contributed by atoms with Gasteiger partial charge in [-0.1, -0.05) is 18.2 Å². The lowest BCUT2D eigenvalue weighted by Crippen LogP contribution is -1.92. The van der Waals surface area contributed by atoms with Crippen LogP contribution >= 0.6 is 0 Å². The highest BCUT2D eigenvalue weighted by molar-refractivity contribution is 5.86. The number of rotatable bonds is 3. The van der Waals surface area contributed by atoms with Crippen molar-refractivity contribution in [3.8, 4) is 0 Å². The summed E-state index contributed by atoms with van der Waals surface area (Å²) in [6.45, 7) is 3.73. The van der Waals surface area contributed by atoms with Crippen molar-refractivity contribution in [2.75, 3.05) is 0 Å². The van der Waals surface area contributed by atoms with E-state index in [9.17, 15) is 4.79 Å². The normalized spacial score (nSPS) is 10.8. The molecule has 0 saturated heterocycles. The van der Waals surface area contributed by atoms with Crippen molar-refractivity contribution in [3.05, 3.63) is 35.5 Å². The van der Waals surface area contributed by atoms with Gasteiger partial charge in [0.1, 0.15) is 5.78 Å². The summed E-state index contributed by atoms with van der Waals surface area (Å²) >= 11 is 0. The molecule has 15 heavy (non-hydrogen) atoms. The van der Waals surface area contributed by atoms with Gasteiger partial charge in [-0.3, -0.25) is 0 Å². The lowest BCUT2D eigenvalue weighted by molar-refractivity contribution is -0.116. The first-order valence-electron chi connectivity index (χ1n) is 5.23. The largest absolute Gasteiger partial charge is 0.361 e. The fourth-order valence-corrected chi connectivity index (χ4v) is 1.88. The monoisotopic (exact) mass is 201 g/mol. The van der Waals surface area contributed by atoms with E-state index in [4.69, 9.17) is 0 Å². The molecule has 0 atom stereocenters. The number of hydrogen-bond acceptors (Lipinski definition) is 1. The Bertz CT molecular complexity index is 496. The molecule has 2 aromatic rings. The molecule has 0 aliphatic rings. The summed E-state index contributed by atoms with van der Waals surface area (Å²) in [6.07, 6.45) is 3.47. The van der Waals surface area contributed by atoms with Crippen LogP contribution in [0.4, 0.5) is 0 Å². The van der Waals surface area contributed by atoms with Crippen molar-refractivity contribution in [1.29, 1.82) is 0 Å².